The molecule has 0 aliphatic rings. The smallest absolute Gasteiger partial charge is 0.202 e. The van der Waals surface area contributed by atoms with E-state index >= 15 is 0 Å². The van der Waals surface area contributed by atoms with Crippen molar-refractivity contribution in [3.63, 3.8) is 0 Å². The lowest BCUT2D eigenvalue weighted by Crippen LogP contribution is -2.24. The van der Waals surface area contributed by atoms with Gasteiger partial charge in [-0.3, -0.25) is 4.79 Å². The van der Waals surface area contributed by atoms with Crippen molar-refractivity contribution in [3.05, 3.63) is 64.7 Å². The molecule has 0 bridgehead atoms. The van der Waals surface area contributed by atoms with Crippen LogP contribution in [0.3, 0.4) is 0 Å². The van der Waals surface area contributed by atoms with Crippen LogP contribution in [-0.4, -0.2) is 11.9 Å². The summed E-state index contributed by atoms with van der Waals surface area (Å²) >= 11 is 5.89. The normalized spacial score (nSPS) is 11.9. The number of ketones is 1. The van der Waals surface area contributed by atoms with Crippen molar-refractivity contribution < 1.29 is 9.53 Å². The zero-order valence-electron chi connectivity index (χ0n) is 10.9. The molecule has 0 amide bonds. The fourth-order valence-electron chi connectivity index (χ4n) is 1.83. The minimum atomic E-state index is -0.526. The topological polar surface area (TPSA) is 26.3 Å². The zero-order valence-corrected chi connectivity index (χ0v) is 11.6. The van der Waals surface area contributed by atoms with Gasteiger partial charge in [0.1, 0.15) is 5.75 Å². The van der Waals surface area contributed by atoms with Gasteiger partial charge in [0.15, 0.2) is 6.10 Å². The number of rotatable bonds is 4. The van der Waals surface area contributed by atoms with Gasteiger partial charge in [-0.05, 0) is 37.6 Å². The molecule has 0 saturated heterocycles. The highest BCUT2D eigenvalue weighted by Gasteiger charge is 2.17. The molecule has 1 atom stereocenters. The number of benzene rings is 2. The molecule has 0 fully saturated rings. The van der Waals surface area contributed by atoms with E-state index in [0.717, 1.165) is 5.56 Å². The Balaban J connectivity index is 2.13. The Kier molecular flexibility index (Phi) is 4.23. The van der Waals surface area contributed by atoms with Crippen LogP contribution in [0, 0.1) is 6.92 Å². The summed E-state index contributed by atoms with van der Waals surface area (Å²) in [4.78, 5) is 12.2. The van der Waals surface area contributed by atoms with E-state index in [0.29, 0.717) is 16.3 Å². The van der Waals surface area contributed by atoms with Crippen LogP contribution in [0.2, 0.25) is 5.02 Å². The van der Waals surface area contributed by atoms with E-state index < -0.39 is 6.10 Å². The van der Waals surface area contributed by atoms with Gasteiger partial charge in [-0.1, -0.05) is 41.9 Å². The first-order valence-corrected chi connectivity index (χ1v) is 6.48. The lowest BCUT2D eigenvalue weighted by atomic mass is 10.1. The third-order valence-corrected chi connectivity index (χ3v) is 3.10. The fourth-order valence-corrected chi connectivity index (χ4v) is 2.05. The van der Waals surface area contributed by atoms with Crippen molar-refractivity contribution in [2.75, 3.05) is 0 Å². The van der Waals surface area contributed by atoms with Crippen molar-refractivity contribution >= 4 is 17.4 Å². The summed E-state index contributed by atoms with van der Waals surface area (Å²) in [6, 6.07) is 14.5. The molecule has 0 N–H and O–H groups in total. The van der Waals surface area contributed by atoms with Gasteiger partial charge < -0.3 is 4.74 Å². The average molecular weight is 275 g/mol. The molecule has 0 aliphatic heterocycles. The number of aryl methyl sites for hydroxylation is 1. The Morgan fingerprint density at radius 2 is 1.84 bits per heavy atom. The number of halogens is 1. The summed E-state index contributed by atoms with van der Waals surface area (Å²) in [6.45, 7) is 3.66. The third-order valence-electron chi connectivity index (χ3n) is 2.87. The molecule has 98 valence electrons. The van der Waals surface area contributed by atoms with Gasteiger partial charge in [0.05, 0.1) is 0 Å². The first kappa shape index (κ1) is 13.6. The second-order valence-corrected chi connectivity index (χ2v) is 4.84. The average Bonchev–Trinajstić information content (AvgIpc) is 2.42. The Hall–Kier alpha value is -1.80. The Morgan fingerprint density at radius 1 is 1.16 bits per heavy atom. The van der Waals surface area contributed by atoms with Crippen LogP contribution in [0.25, 0.3) is 0 Å². The van der Waals surface area contributed by atoms with Crippen LogP contribution in [0.5, 0.6) is 5.75 Å². The summed E-state index contributed by atoms with van der Waals surface area (Å²) in [5.41, 5.74) is 1.57. The first-order chi connectivity index (χ1) is 9.08. The summed E-state index contributed by atoms with van der Waals surface area (Å²) in [6.07, 6.45) is -0.526. The van der Waals surface area contributed by atoms with Crippen LogP contribution >= 0.6 is 11.6 Å². The lowest BCUT2D eigenvalue weighted by Gasteiger charge is -2.15. The maximum atomic E-state index is 12.2. The second-order valence-electron chi connectivity index (χ2n) is 4.40. The van der Waals surface area contributed by atoms with E-state index in [9.17, 15) is 4.79 Å². The monoisotopic (exact) mass is 274 g/mol. The molecule has 19 heavy (non-hydrogen) atoms. The minimum absolute atomic E-state index is 0.0325. The fraction of sp³-hybridized carbons (Fsp3) is 0.188. The largest absolute Gasteiger partial charge is 0.482 e. The lowest BCUT2D eigenvalue weighted by molar-refractivity contribution is 0.0817. The van der Waals surface area contributed by atoms with E-state index in [1.807, 2.05) is 31.2 Å². The van der Waals surface area contributed by atoms with Gasteiger partial charge >= 0.3 is 0 Å². The van der Waals surface area contributed by atoms with Gasteiger partial charge in [0.2, 0.25) is 5.78 Å². The first-order valence-electron chi connectivity index (χ1n) is 6.10. The van der Waals surface area contributed by atoms with Gasteiger partial charge in [-0.2, -0.15) is 0 Å². The minimum Gasteiger partial charge on any atom is -0.482 e. The van der Waals surface area contributed by atoms with Gasteiger partial charge in [-0.25, -0.2) is 0 Å². The van der Waals surface area contributed by atoms with Crippen molar-refractivity contribution in [3.8, 4) is 5.75 Å². The molecule has 2 rings (SSSR count). The molecule has 2 aromatic rings. The van der Waals surface area contributed by atoms with Crippen LogP contribution in [0.4, 0.5) is 0 Å². The molecular weight excluding hydrogens is 260 g/mol. The van der Waals surface area contributed by atoms with Gasteiger partial charge in [0.25, 0.3) is 0 Å². The van der Waals surface area contributed by atoms with Crippen molar-refractivity contribution in [1.29, 1.82) is 0 Å². The van der Waals surface area contributed by atoms with Crippen LogP contribution in [0.1, 0.15) is 22.8 Å². The molecule has 0 heterocycles. The highest BCUT2D eigenvalue weighted by atomic mass is 35.5. The molecule has 3 heteroatoms. The summed E-state index contributed by atoms with van der Waals surface area (Å²) in [5, 5.41) is 0.659. The highest BCUT2D eigenvalue weighted by Crippen LogP contribution is 2.23. The number of carbonyl (C=O) groups excluding carboxylic acids is 1. The second kappa shape index (κ2) is 5.89. The van der Waals surface area contributed by atoms with Crippen LogP contribution < -0.4 is 4.74 Å². The Bertz CT molecular complexity index is 579. The number of hydrogen-bond acceptors (Lipinski definition) is 2. The Morgan fingerprint density at radius 3 is 2.47 bits per heavy atom. The summed E-state index contributed by atoms with van der Waals surface area (Å²) in [7, 11) is 0. The number of ether oxygens (including phenoxy) is 1. The summed E-state index contributed by atoms with van der Waals surface area (Å²) in [5.74, 6) is 0.649. The molecule has 2 aromatic carbocycles. The molecule has 0 saturated carbocycles. The van der Waals surface area contributed by atoms with E-state index in [1.165, 1.54) is 0 Å². The molecule has 0 spiro atoms. The van der Waals surface area contributed by atoms with Gasteiger partial charge in [0, 0.05) is 10.6 Å². The summed E-state index contributed by atoms with van der Waals surface area (Å²) < 4.78 is 5.71. The number of Topliss-reactive ketones (excluding diaryl/α,β-unsaturated/α-hetero) is 1. The van der Waals surface area contributed by atoms with Crippen LogP contribution in [-0.2, 0) is 0 Å². The van der Waals surface area contributed by atoms with Crippen molar-refractivity contribution in [1.82, 2.24) is 0 Å². The van der Waals surface area contributed by atoms with E-state index in [4.69, 9.17) is 16.3 Å². The standard InChI is InChI=1S/C16H15ClO2/c1-11-10-14(17)8-9-15(11)19-12(2)16(18)13-6-4-3-5-7-13/h3-10,12H,1-2H3/t12-/m1/s1. The Labute approximate surface area is 118 Å². The predicted octanol–water partition coefficient (Wildman–Crippen LogP) is 4.30. The van der Waals surface area contributed by atoms with E-state index in [-0.39, 0.29) is 5.78 Å². The van der Waals surface area contributed by atoms with E-state index in [1.54, 1.807) is 31.2 Å². The maximum Gasteiger partial charge on any atom is 0.202 e. The predicted molar refractivity (Wildman–Crippen MR) is 77.1 cm³/mol. The molecular formula is C16H15ClO2. The van der Waals surface area contributed by atoms with Crippen molar-refractivity contribution in [2.45, 2.75) is 20.0 Å². The zero-order chi connectivity index (χ0) is 13.8. The maximum absolute atomic E-state index is 12.2. The molecule has 0 aliphatic carbocycles. The molecule has 0 aromatic heterocycles. The number of carbonyl (C=O) groups is 1. The highest BCUT2D eigenvalue weighted by molar-refractivity contribution is 6.30. The molecule has 0 radical (unpaired) electrons. The van der Waals surface area contributed by atoms with Gasteiger partial charge in [-0.15, -0.1) is 0 Å². The third kappa shape index (κ3) is 3.36. The van der Waals surface area contributed by atoms with Crippen molar-refractivity contribution in [2.24, 2.45) is 0 Å². The van der Waals surface area contributed by atoms with E-state index in [2.05, 4.69) is 0 Å². The molecule has 0 unspecified atom stereocenters. The number of hydrogen-bond donors (Lipinski definition) is 0. The molecule has 2 nitrogen and oxygen atoms in total. The quantitative estimate of drug-likeness (QED) is 0.777. The van der Waals surface area contributed by atoms with Crippen LogP contribution in [0.15, 0.2) is 48.5 Å². The SMILES string of the molecule is Cc1cc(Cl)ccc1O[C@H](C)C(=O)c1ccccc1.